The zero-order chi connectivity index (χ0) is 21.3. The van der Waals surface area contributed by atoms with E-state index in [1.165, 1.54) is 70.3 Å². The molecule has 1 nitrogen and oxygen atoms in total. The van der Waals surface area contributed by atoms with Gasteiger partial charge in [0.05, 0.1) is 6.61 Å². The van der Waals surface area contributed by atoms with Gasteiger partial charge in [-0.05, 0) is 81.3 Å². The van der Waals surface area contributed by atoms with Crippen LogP contribution in [0.3, 0.4) is 0 Å². The van der Waals surface area contributed by atoms with Gasteiger partial charge in [0, 0.05) is 5.56 Å². The largest absolute Gasteiger partial charge is 0.491 e. The molecule has 0 aliphatic heterocycles. The molecule has 0 heterocycles. The number of halogens is 2. The van der Waals surface area contributed by atoms with Crippen molar-refractivity contribution in [2.24, 2.45) is 23.7 Å². The van der Waals surface area contributed by atoms with Crippen LogP contribution in [0.5, 0.6) is 5.75 Å². The quantitative estimate of drug-likeness (QED) is 0.390. The Morgan fingerprint density at radius 3 is 2.00 bits per heavy atom. The molecular weight excluding hydrogens is 378 g/mol. The van der Waals surface area contributed by atoms with Crippen LogP contribution in [0.4, 0.5) is 8.78 Å². The van der Waals surface area contributed by atoms with Gasteiger partial charge in [-0.3, -0.25) is 0 Å². The van der Waals surface area contributed by atoms with Gasteiger partial charge >= 0.3 is 0 Å². The lowest BCUT2D eigenvalue weighted by Gasteiger charge is -2.38. The first-order chi connectivity index (χ1) is 14.6. The van der Waals surface area contributed by atoms with Gasteiger partial charge in [0.15, 0.2) is 11.6 Å². The Bertz CT molecular complexity index is 668. The molecule has 3 heteroatoms. The Morgan fingerprint density at radius 2 is 1.43 bits per heavy atom. The number of hydrogen-bond acceptors (Lipinski definition) is 1. The minimum Gasteiger partial charge on any atom is -0.491 e. The van der Waals surface area contributed by atoms with Crippen molar-refractivity contribution in [3.05, 3.63) is 35.4 Å². The topological polar surface area (TPSA) is 9.23 Å². The fourth-order valence-corrected chi connectivity index (χ4v) is 5.79. The third-order valence-corrected chi connectivity index (χ3v) is 7.56. The summed E-state index contributed by atoms with van der Waals surface area (Å²) in [5, 5.41) is 0. The molecule has 0 spiro atoms. The van der Waals surface area contributed by atoms with Crippen LogP contribution in [0.1, 0.15) is 96.5 Å². The summed E-state index contributed by atoms with van der Waals surface area (Å²) in [5.74, 6) is 2.03. The second-order valence-corrected chi connectivity index (χ2v) is 9.54. The van der Waals surface area contributed by atoms with Crippen LogP contribution in [0.25, 0.3) is 6.08 Å². The first kappa shape index (κ1) is 23.3. The Balaban J connectivity index is 1.38. The Hall–Kier alpha value is -1.38. The Kier molecular flexibility index (Phi) is 9.21. The minimum atomic E-state index is -0.888. The third kappa shape index (κ3) is 6.31. The molecule has 2 fully saturated rings. The lowest BCUT2D eigenvalue weighted by atomic mass is 9.68. The minimum absolute atomic E-state index is 0.0113. The molecule has 30 heavy (non-hydrogen) atoms. The van der Waals surface area contributed by atoms with Gasteiger partial charge in [-0.2, -0.15) is 4.39 Å². The Morgan fingerprint density at radius 1 is 0.833 bits per heavy atom. The lowest BCUT2D eigenvalue weighted by molar-refractivity contribution is 0.141. The molecular formula is C27H40F2O. The van der Waals surface area contributed by atoms with Gasteiger partial charge in [-0.15, -0.1) is 0 Å². The summed E-state index contributed by atoms with van der Waals surface area (Å²) in [5.41, 5.74) is 0.304. The van der Waals surface area contributed by atoms with Crippen LogP contribution >= 0.6 is 0 Å². The molecule has 0 saturated heterocycles. The smallest absolute Gasteiger partial charge is 0.201 e. The zero-order valence-corrected chi connectivity index (χ0v) is 19.0. The van der Waals surface area contributed by atoms with Crippen LogP contribution in [0.15, 0.2) is 18.2 Å². The van der Waals surface area contributed by atoms with Crippen LogP contribution in [-0.2, 0) is 0 Å². The number of rotatable bonds is 9. The molecule has 3 rings (SSSR count). The van der Waals surface area contributed by atoms with Crippen molar-refractivity contribution in [1.82, 2.24) is 0 Å². The zero-order valence-electron chi connectivity index (χ0n) is 19.0. The lowest BCUT2D eigenvalue weighted by Crippen LogP contribution is -2.25. The van der Waals surface area contributed by atoms with Crippen molar-refractivity contribution >= 4 is 6.08 Å². The number of allylic oxidation sites excluding steroid dienone is 1. The molecule has 2 saturated carbocycles. The fourth-order valence-electron chi connectivity index (χ4n) is 5.79. The van der Waals surface area contributed by atoms with Crippen molar-refractivity contribution in [1.29, 1.82) is 0 Å². The predicted molar refractivity (Wildman–Crippen MR) is 122 cm³/mol. The highest BCUT2D eigenvalue weighted by Crippen LogP contribution is 2.43. The van der Waals surface area contributed by atoms with Crippen LogP contribution in [0, 0.1) is 35.3 Å². The highest BCUT2D eigenvalue weighted by atomic mass is 19.2. The third-order valence-electron chi connectivity index (χ3n) is 7.56. The maximum Gasteiger partial charge on any atom is 0.201 e. The van der Waals surface area contributed by atoms with Crippen molar-refractivity contribution in [2.45, 2.75) is 90.9 Å². The summed E-state index contributed by atoms with van der Waals surface area (Å²) in [4.78, 5) is 0. The highest BCUT2D eigenvalue weighted by molar-refractivity contribution is 5.52. The standard InChI is InChI=1S/C27H40F2O/c1-3-7-20-10-14-22(15-11-20)23-16-12-21(13-17-23)8-5-6-9-24-18-19-25(30-4-2)27(29)26(24)28/h6,9,18-23H,3-5,7-8,10-17H2,1-2H3/b9-6+/t20-,21?,22-,23?. The second-order valence-electron chi connectivity index (χ2n) is 9.54. The molecule has 2 aliphatic rings. The van der Waals surface area contributed by atoms with E-state index < -0.39 is 11.6 Å². The van der Waals surface area contributed by atoms with E-state index in [0.717, 1.165) is 36.5 Å². The average Bonchev–Trinajstić information content (AvgIpc) is 2.77. The molecule has 1 aromatic carbocycles. The van der Waals surface area contributed by atoms with Gasteiger partial charge in [0.2, 0.25) is 5.82 Å². The van der Waals surface area contributed by atoms with Crippen molar-refractivity contribution in [3.63, 3.8) is 0 Å². The van der Waals surface area contributed by atoms with Crippen LogP contribution < -0.4 is 4.74 Å². The Labute approximate surface area is 182 Å². The summed E-state index contributed by atoms with van der Waals surface area (Å²) in [6, 6.07) is 3.11. The van der Waals surface area contributed by atoms with Gasteiger partial charge in [0.1, 0.15) is 0 Å². The number of hydrogen-bond donors (Lipinski definition) is 0. The highest BCUT2D eigenvalue weighted by Gasteiger charge is 2.30. The summed E-state index contributed by atoms with van der Waals surface area (Å²) >= 11 is 0. The monoisotopic (exact) mass is 418 g/mol. The van der Waals surface area contributed by atoms with Crippen molar-refractivity contribution in [3.8, 4) is 5.75 Å². The molecule has 2 aliphatic carbocycles. The molecule has 0 N–H and O–H groups in total. The van der Waals surface area contributed by atoms with Gasteiger partial charge in [-0.1, -0.05) is 57.6 Å². The van der Waals surface area contributed by atoms with E-state index in [1.807, 2.05) is 6.08 Å². The molecule has 0 unspecified atom stereocenters. The van der Waals surface area contributed by atoms with E-state index in [0.29, 0.717) is 12.2 Å². The number of benzene rings is 1. The van der Waals surface area contributed by atoms with Crippen LogP contribution in [-0.4, -0.2) is 6.61 Å². The summed E-state index contributed by atoms with van der Waals surface area (Å²) in [6.45, 7) is 4.40. The number of ether oxygens (including phenoxy) is 1. The molecule has 0 atom stereocenters. The molecule has 0 aromatic heterocycles. The first-order valence-corrected chi connectivity index (χ1v) is 12.4. The summed E-state index contributed by atoms with van der Waals surface area (Å²) < 4.78 is 33.2. The van der Waals surface area contributed by atoms with E-state index in [2.05, 4.69) is 6.92 Å². The molecule has 1 aromatic rings. The van der Waals surface area contributed by atoms with Crippen molar-refractivity contribution < 1.29 is 13.5 Å². The van der Waals surface area contributed by atoms with Gasteiger partial charge in [0.25, 0.3) is 0 Å². The van der Waals surface area contributed by atoms with E-state index in [1.54, 1.807) is 19.1 Å². The van der Waals surface area contributed by atoms with Gasteiger partial charge in [-0.25, -0.2) is 4.39 Å². The molecule has 0 bridgehead atoms. The normalized spacial score (nSPS) is 27.5. The molecule has 0 amide bonds. The molecule has 0 radical (unpaired) electrons. The maximum absolute atomic E-state index is 14.1. The average molecular weight is 419 g/mol. The van der Waals surface area contributed by atoms with E-state index in [4.69, 9.17) is 4.74 Å². The first-order valence-electron chi connectivity index (χ1n) is 12.4. The SMILES string of the molecule is CCC[C@H]1CC[C@H](C2CCC(CC/C=C/c3ccc(OCC)c(F)c3F)CC2)CC1. The molecule has 168 valence electrons. The second kappa shape index (κ2) is 11.9. The summed E-state index contributed by atoms with van der Waals surface area (Å²) in [6.07, 6.45) is 19.9. The maximum atomic E-state index is 14.1. The van der Waals surface area contributed by atoms with Crippen molar-refractivity contribution in [2.75, 3.05) is 6.61 Å². The fraction of sp³-hybridized carbons (Fsp3) is 0.704. The van der Waals surface area contributed by atoms with Crippen LogP contribution in [0.2, 0.25) is 0 Å². The van der Waals surface area contributed by atoms with E-state index in [-0.39, 0.29) is 5.75 Å². The van der Waals surface area contributed by atoms with E-state index in [9.17, 15) is 8.78 Å². The summed E-state index contributed by atoms with van der Waals surface area (Å²) in [7, 11) is 0. The van der Waals surface area contributed by atoms with E-state index >= 15 is 0 Å². The predicted octanol–water partition coefficient (Wildman–Crippen LogP) is 8.57. The van der Waals surface area contributed by atoms with Gasteiger partial charge < -0.3 is 4.74 Å².